The van der Waals surface area contributed by atoms with Crippen molar-refractivity contribution in [3.8, 4) is 0 Å². The number of aliphatic hydroxyl groups is 1. The Hall–Kier alpha value is -1.16. The number of aliphatic carboxylic acids is 1. The highest BCUT2D eigenvalue weighted by Crippen LogP contribution is 1.98. The molecule has 0 bridgehead atoms. The van der Waals surface area contributed by atoms with Crippen LogP contribution in [0.25, 0.3) is 0 Å². The summed E-state index contributed by atoms with van der Waals surface area (Å²) in [4.78, 5) is 20.4. The molecule has 0 aromatic carbocycles. The molecule has 1 atom stereocenters. The van der Waals surface area contributed by atoms with Gasteiger partial charge in [-0.05, 0) is 6.42 Å². The number of ketones is 1. The summed E-state index contributed by atoms with van der Waals surface area (Å²) in [6.07, 6.45) is 0.435. The minimum absolute atomic E-state index is 0.120. The molecule has 4 nitrogen and oxygen atoms in total. The predicted molar refractivity (Wildman–Crippen MR) is 38.1 cm³/mol. The second kappa shape index (κ2) is 4.62. The highest BCUT2D eigenvalue weighted by atomic mass is 16.4. The summed E-state index contributed by atoms with van der Waals surface area (Å²) < 4.78 is 0. The van der Waals surface area contributed by atoms with Crippen LogP contribution in [0.15, 0.2) is 12.7 Å². The Kier molecular flexibility index (Phi) is 4.14. The fourth-order valence-corrected chi connectivity index (χ4v) is 0.504. The molecule has 0 spiro atoms. The number of hydrogen-bond acceptors (Lipinski definition) is 3. The van der Waals surface area contributed by atoms with E-state index in [1.54, 1.807) is 0 Å². The molecule has 1 unspecified atom stereocenters. The Morgan fingerprint density at radius 2 is 2.09 bits per heavy atom. The first-order valence-corrected chi connectivity index (χ1v) is 3.14. The van der Waals surface area contributed by atoms with E-state index in [1.165, 1.54) is 6.08 Å². The zero-order valence-electron chi connectivity index (χ0n) is 5.99. The van der Waals surface area contributed by atoms with Gasteiger partial charge in [0.2, 0.25) is 5.78 Å². The summed E-state index contributed by atoms with van der Waals surface area (Å²) in [6.45, 7) is 3.27. The molecule has 2 N–H and O–H groups in total. The van der Waals surface area contributed by atoms with E-state index in [2.05, 4.69) is 6.58 Å². The molecule has 0 saturated heterocycles. The average Bonchev–Trinajstić information content (AvgIpc) is 1.99. The normalized spacial score (nSPS) is 12.1. The van der Waals surface area contributed by atoms with Gasteiger partial charge in [-0.1, -0.05) is 6.08 Å². The molecule has 0 amide bonds. The molecule has 0 aliphatic rings. The van der Waals surface area contributed by atoms with Crippen molar-refractivity contribution in [2.75, 3.05) is 0 Å². The van der Waals surface area contributed by atoms with Crippen LogP contribution in [0.1, 0.15) is 12.8 Å². The second-order valence-corrected chi connectivity index (χ2v) is 2.07. The second-order valence-electron chi connectivity index (χ2n) is 2.07. The Bertz CT molecular complexity index is 173. The molecule has 0 aromatic heterocycles. The lowest BCUT2D eigenvalue weighted by Gasteiger charge is -2.00. The van der Waals surface area contributed by atoms with Crippen LogP contribution in [0.5, 0.6) is 0 Å². The van der Waals surface area contributed by atoms with Crippen molar-refractivity contribution in [1.82, 2.24) is 0 Å². The van der Waals surface area contributed by atoms with Gasteiger partial charge in [-0.3, -0.25) is 4.79 Å². The minimum atomic E-state index is -1.46. The van der Waals surface area contributed by atoms with Crippen molar-refractivity contribution in [2.24, 2.45) is 0 Å². The van der Waals surface area contributed by atoms with Crippen molar-refractivity contribution >= 4 is 11.8 Å². The molecule has 62 valence electrons. The van der Waals surface area contributed by atoms with E-state index >= 15 is 0 Å². The summed E-state index contributed by atoms with van der Waals surface area (Å²) in [5.74, 6) is -2.34. The molecule has 0 saturated carbocycles. The van der Waals surface area contributed by atoms with Crippen LogP contribution < -0.4 is 0 Å². The van der Waals surface area contributed by atoms with Gasteiger partial charge in [0.05, 0.1) is 6.10 Å². The third kappa shape index (κ3) is 4.27. The monoisotopic (exact) mass is 158 g/mol. The molecule has 0 radical (unpaired) electrons. The van der Waals surface area contributed by atoms with Gasteiger partial charge in [0, 0.05) is 6.42 Å². The first-order valence-electron chi connectivity index (χ1n) is 3.14. The number of carbonyl (C=O) groups is 2. The number of carbonyl (C=O) groups excluding carboxylic acids is 1. The number of hydrogen-bond donors (Lipinski definition) is 2. The predicted octanol–water partition coefficient (Wildman–Crippen LogP) is -0.0328. The van der Waals surface area contributed by atoms with E-state index in [0.29, 0.717) is 0 Å². The number of rotatable bonds is 5. The lowest BCUT2D eigenvalue weighted by molar-refractivity contribution is -0.149. The van der Waals surface area contributed by atoms with Crippen LogP contribution in [0, 0.1) is 0 Å². The standard InChI is InChI=1S/C7H10O4/c1-2-5(8)3-4-6(9)7(10)11/h2,5,8H,1,3-4H2,(H,10,11). The first-order chi connectivity index (χ1) is 5.07. The van der Waals surface area contributed by atoms with Crippen molar-refractivity contribution in [1.29, 1.82) is 0 Å². The average molecular weight is 158 g/mol. The molecule has 0 aliphatic carbocycles. The third-order valence-corrected chi connectivity index (χ3v) is 1.18. The van der Waals surface area contributed by atoms with Crippen LogP contribution in [-0.4, -0.2) is 28.1 Å². The maximum absolute atomic E-state index is 10.4. The maximum atomic E-state index is 10.4. The molecule has 0 aliphatic heterocycles. The fourth-order valence-electron chi connectivity index (χ4n) is 0.504. The number of carboxylic acid groups (broad SMARTS) is 1. The van der Waals surface area contributed by atoms with Gasteiger partial charge in [0.25, 0.3) is 0 Å². The summed E-state index contributed by atoms with van der Waals surface area (Å²) in [5.41, 5.74) is 0. The van der Waals surface area contributed by atoms with Gasteiger partial charge in [0.1, 0.15) is 0 Å². The van der Waals surface area contributed by atoms with Crippen molar-refractivity contribution in [3.63, 3.8) is 0 Å². The molecular weight excluding hydrogens is 148 g/mol. The summed E-state index contributed by atoms with van der Waals surface area (Å²) in [6, 6.07) is 0. The zero-order valence-corrected chi connectivity index (χ0v) is 5.99. The smallest absolute Gasteiger partial charge is 0.372 e. The third-order valence-electron chi connectivity index (χ3n) is 1.18. The molecule has 0 aromatic rings. The molecule has 0 fully saturated rings. The highest BCUT2D eigenvalue weighted by molar-refractivity contribution is 6.32. The molecule has 0 rings (SSSR count). The lowest BCUT2D eigenvalue weighted by atomic mass is 10.1. The number of aliphatic hydroxyl groups excluding tert-OH is 1. The molecule has 4 heteroatoms. The van der Waals surface area contributed by atoms with Gasteiger partial charge in [0.15, 0.2) is 0 Å². The van der Waals surface area contributed by atoms with E-state index in [1.807, 2.05) is 0 Å². The van der Waals surface area contributed by atoms with Gasteiger partial charge in [-0.15, -0.1) is 6.58 Å². The van der Waals surface area contributed by atoms with Gasteiger partial charge < -0.3 is 10.2 Å². The lowest BCUT2D eigenvalue weighted by Crippen LogP contribution is -2.14. The number of Topliss-reactive ketones (excluding diaryl/α,β-unsaturated/α-hetero) is 1. The van der Waals surface area contributed by atoms with Gasteiger partial charge in [-0.25, -0.2) is 4.79 Å². The minimum Gasteiger partial charge on any atom is -0.476 e. The molecular formula is C7H10O4. The largest absolute Gasteiger partial charge is 0.476 e. The van der Waals surface area contributed by atoms with Crippen LogP contribution in [0.2, 0.25) is 0 Å². The Morgan fingerprint density at radius 3 is 2.45 bits per heavy atom. The van der Waals surface area contributed by atoms with Gasteiger partial charge in [-0.2, -0.15) is 0 Å². The van der Waals surface area contributed by atoms with E-state index < -0.39 is 17.9 Å². The van der Waals surface area contributed by atoms with Crippen LogP contribution >= 0.6 is 0 Å². The summed E-state index contributed by atoms with van der Waals surface area (Å²) in [7, 11) is 0. The van der Waals surface area contributed by atoms with Crippen LogP contribution in [-0.2, 0) is 9.59 Å². The first kappa shape index (κ1) is 9.84. The van der Waals surface area contributed by atoms with Crippen molar-refractivity contribution < 1.29 is 19.8 Å². The molecule has 11 heavy (non-hydrogen) atoms. The van der Waals surface area contributed by atoms with Crippen LogP contribution in [0.3, 0.4) is 0 Å². The van der Waals surface area contributed by atoms with Crippen molar-refractivity contribution in [2.45, 2.75) is 18.9 Å². The maximum Gasteiger partial charge on any atom is 0.372 e. The summed E-state index contributed by atoms with van der Waals surface area (Å²) >= 11 is 0. The van der Waals surface area contributed by atoms with E-state index in [0.717, 1.165) is 0 Å². The van der Waals surface area contributed by atoms with E-state index in [4.69, 9.17) is 10.2 Å². The van der Waals surface area contributed by atoms with Crippen molar-refractivity contribution in [3.05, 3.63) is 12.7 Å². The van der Waals surface area contributed by atoms with Gasteiger partial charge >= 0.3 is 5.97 Å². The van der Waals surface area contributed by atoms with Crippen LogP contribution in [0.4, 0.5) is 0 Å². The quantitative estimate of drug-likeness (QED) is 0.435. The fraction of sp³-hybridized carbons (Fsp3) is 0.429. The Morgan fingerprint density at radius 1 is 1.55 bits per heavy atom. The van der Waals surface area contributed by atoms with E-state index in [9.17, 15) is 9.59 Å². The van der Waals surface area contributed by atoms with E-state index in [-0.39, 0.29) is 12.8 Å². The summed E-state index contributed by atoms with van der Waals surface area (Å²) in [5, 5.41) is 16.9. The topological polar surface area (TPSA) is 74.6 Å². The zero-order chi connectivity index (χ0) is 8.85. The number of carboxylic acids is 1. The Balaban J connectivity index is 3.62. The Labute approximate surface area is 64.2 Å². The highest BCUT2D eigenvalue weighted by Gasteiger charge is 2.11. The molecule has 0 heterocycles. The SMILES string of the molecule is C=CC(O)CCC(=O)C(=O)O.